The maximum absolute atomic E-state index is 12.8. The van der Waals surface area contributed by atoms with E-state index in [1.165, 1.54) is 22.4 Å². The first-order valence-corrected chi connectivity index (χ1v) is 9.32. The quantitative estimate of drug-likeness (QED) is 0.661. The molecule has 0 aliphatic carbocycles. The highest BCUT2D eigenvalue weighted by molar-refractivity contribution is 7.89. The van der Waals surface area contributed by atoms with Crippen LogP contribution in [0.25, 0.3) is 0 Å². The minimum atomic E-state index is -3.66. The topological polar surface area (TPSA) is 107 Å². The van der Waals surface area contributed by atoms with E-state index in [4.69, 9.17) is 4.74 Å². The molecule has 8 nitrogen and oxygen atoms in total. The second kappa shape index (κ2) is 7.83. The second-order valence-electron chi connectivity index (χ2n) is 5.79. The fourth-order valence-electron chi connectivity index (χ4n) is 2.72. The Balaban J connectivity index is 2.04. The predicted octanol–water partition coefficient (Wildman–Crippen LogP) is -0.633. The molecule has 0 radical (unpaired) electrons. The molecule has 0 unspecified atom stereocenters. The first-order valence-electron chi connectivity index (χ1n) is 7.88. The number of hydrogen-bond donors (Lipinski definition) is 0. The zero-order valence-electron chi connectivity index (χ0n) is 14.2. The van der Waals surface area contributed by atoms with Crippen molar-refractivity contribution in [2.24, 2.45) is 0 Å². The SMILES string of the molecule is COc1ccc(S(=O)(=O)N2CCN(C(=O)CCC(=O)[O-])CC2)c(C)c1. The molecule has 0 saturated carbocycles. The summed E-state index contributed by atoms with van der Waals surface area (Å²) in [5.41, 5.74) is 0.590. The second-order valence-corrected chi connectivity index (χ2v) is 7.69. The Kier molecular flexibility index (Phi) is 6.02. The number of benzene rings is 1. The molecular weight excluding hydrogens is 348 g/mol. The summed E-state index contributed by atoms with van der Waals surface area (Å²) < 4.78 is 32.0. The molecular formula is C16H21N2O6S-. The van der Waals surface area contributed by atoms with E-state index in [9.17, 15) is 23.1 Å². The molecule has 0 aromatic heterocycles. The van der Waals surface area contributed by atoms with Crippen molar-refractivity contribution < 1.29 is 27.9 Å². The van der Waals surface area contributed by atoms with Crippen molar-refractivity contribution >= 4 is 21.9 Å². The van der Waals surface area contributed by atoms with Gasteiger partial charge in [-0.15, -0.1) is 0 Å². The van der Waals surface area contributed by atoms with Crippen LogP contribution < -0.4 is 9.84 Å². The monoisotopic (exact) mass is 369 g/mol. The van der Waals surface area contributed by atoms with Crippen molar-refractivity contribution in [1.82, 2.24) is 9.21 Å². The number of rotatable bonds is 6. The van der Waals surface area contributed by atoms with Crippen LogP contribution in [0.4, 0.5) is 0 Å². The smallest absolute Gasteiger partial charge is 0.243 e. The summed E-state index contributed by atoms with van der Waals surface area (Å²) in [6.07, 6.45) is -0.463. The van der Waals surface area contributed by atoms with Gasteiger partial charge in [-0.25, -0.2) is 8.42 Å². The van der Waals surface area contributed by atoms with E-state index in [1.807, 2.05) is 0 Å². The van der Waals surface area contributed by atoms with Gasteiger partial charge in [0.2, 0.25) is 15.9 Å². The van der Waals surface area contributed by atoms with E-state index in [0.29, 0.717) is 11.3 Å². The summed E-state index contributed by atoms with van der Waals surface area (Å²) in [5, 5.41) is 10.4. The Morgan fingerprint density at radius 1 is 1.16 bits per heavy atom. The molecule has 1 aliphatic rings. The normalized spacial score (nSPS) is 15.8. The number of carbonyl (C=O) groups excluding carboxylic acids is 2. The van der Waals surface area contributed by atoms with Gasteiger partial charge in [0.05, 0.1) is 12.0 Å². The van der Waals surface area contributed by atoms with Crippen molar-refractivity contribution in [2.75, 3.05) is 33.3 Å². The van der Waals surface area contributed by atoms with Crippen LogP contribution in [0.1, 0.15) is 18.4 Å². The van der Waals surface area contributed by atoms with E-state index in [0.717, 1.165) is 0 Å². The third-order valence-corrected chi connectivity index (χ3v) is 6.19. The molecule has 1 aliphatic heterocycles. The van der Waals surface area contributed by atoms with E-state index in [1.54, 1.807) is 19.1 Å². The summed E-state index contributed by atoms with van der Waals surface area (Å²) >= 11 is 0. The molecule has 1 aromatic carbocycles. The van der Waals surface area contributed by atoms with E-state index < -0.39 is 16.0 Å². The molecule has 2 rings (SSSR count). The summed E-state index contributed by atoms with van der Waals surface area (Å²) in [7, 11) is -2.14. The first kappa shape index (κ1) is 19.2. The third-order valence-electron chi connectivity index (χ3n) is 4.13. The fraction of sp³-hybridized carbons (Fsp3) is 0.500. The molecule has 1 aromatic rings. The number of methoxy groups -OCH3 is 1. The number of nitrogens with zero attached hydrogens (tertiary/aromatic N) is 2. The van der Waals surface area contributed by atoms with E-state index in [2.05, 4.69) is 0 Å². The number of sulfonamides is 1. The van der Waals surface area contributed by atoms with Crippen molar-refractivity contribution in [2.45, 2.75) is 24.7 Å². The van der Waals surface area contributed by atoms with Crippen LogP contribution in [0, 0.1) is 6.92 Å². The summed E-state index contributed by atoms with van der Waals surface area (Å²) in [6.45, 7) is 2.52. The Labute approximate surface area is 147 Å². The van der Waals surface area contributed by atoms with E-state index >= 15 is 0 Å². The van der Waals surface area contributed by atoms with Gasteiger partial charge in [-0.2, -0.15) is 4.31 Å². The van der Waals surface area contributed by atoms with Crippen molar-refractivity contribution in [1.29, 1.82) is 0 Å². The lowest BCUT2D eigenvalue weighted by Gasteiger charge is -2.34. The highest BCUT2D eigenvalue weighted by atomic mass is 32.2. The molecule has 0 atom stereocenters. The minimum Gasteiger partial charge on any atom is -0.550 e. The van der Waals surface area contributed by atoms with Gasteiger partial charge in [-0.3, -0.25) is 4.79 Å². The predicted molar refractivity (Wildman–Crippen MR) is 87.3 cm³/mol. The average Bonchev–Trinajstić information content (AvgIpc) is 2.59. The Hall–Kier alpha value is -2.13. The average molecular weight is 369 g/mol. The van der Waals surface area contributed by atoms with Crippen LogP contribution in [0.2, 0.25) is 0 Å². The molecule has 1 heterocycles. The maximum Gasteiger partial charge on any atom is 0.243 e. The number of piperazine rings is 1. The number of carboxylic acid groups (broad SMARTS) is 1. The molecule has 1 saturated heterocycles. The Bertz CT molecular complexity index is 754. The van der Waals surface area contributed by atoms with E-state index in [-0.39, 0.29) is 49.8 Å². The molecule has 0 bridgehead atoms. The Morgan fingerprint density at radius 3 is 2.32 bits per heavy atom. The molecule has 1 amide bonds. The summed E-state index contributed by atoms with van der Waals surface area (Å²) in [5.74, 6) is -0.994. The van der Waals surface area contributed by atoms with Gasteiger partial charge in [-0.05, 0) is 37.1 Å². The molecule has 9 heteroatoms. The van der Waals surface area contributed by atoms with Gasteiger partial charge < -0.3 is 19.5 Å². The highest BCUT2D eigenvalue weighted by Gasteiger charge is 2.30. The molecule has 1 fully saturated rings. The van der Waals surface area contributed by atoms with Gasteiger partial charge in [-0.1, -0.05) is 0 Å². The number of carbonyl (C=O) groups is 2. The van der Waals surface area contributed by atoms with Crippen LogP contribution in [-0.2, 0) is 19.6 Å². The number of aliphatic carboxylic acids is 1. The molecule has 0 spiro atoms. The zero-order valence-corrected chi connectivity index (χ0v) is 15.0. The van der Waals surface area contributed by atoms with Crippen LogP contribution >= 0.6 is 0 Å². The lowest BCUT2D eigenvalue weighted by Crippen LogP contribution is -2.50. The maximum atomic E-state index is 12.8. The van der Waals surface area contributed by atoms with Crippen LogP contribution in [0.15, 0.2) is 23.1 Å². The number of hydrogen-bond acceptors (Lipinski definition) is 6. The molecule has 25 heavy (non-hydrogen) atoms. The fourth-order valence-corrected chi connectivity index (χ4v) is 4.35. The largest absolute Gasteiger partial charge is 0.550 e. The lowest BCUT2D eigenvalue weighted by molar-refractivity contribution is -0.305. The minimum absolute atomic E-state index is 0.132. The van der Waals surface area contributed by atoms with Crippen LogP contribution in [-0.4, -0.2) is 62.8 Å². The van der Waals surface area contributed by atoms with Crippen LogP contribution in [0.3, 0.4) is 0 Å². The Morgan fingerprint density at radius 2 is 1.80 bits per heavy atom. The van der Waals surface area contributed by atoms with Crippen molar-refractivity contribution in [3.63, 3.8) is 0 Å². The first-order chi connectivity index (χ1) is 11.8. The van der Waals surface area contributed by atoms with Crippen LogP contribution in [0.5, 0.6) is 5.75 Å². The summed E-state index contributed by atoms with van der Waals surface area (Å²) in [4.78, 5) is 24.0. The summed E-state index contributed by atoms with van der Waals surface area (Å²) in [6, 6.07) is 4.77. The van der Waals surface area contributed by atoms with Gasteiger partial charge in [0.1, 0.15) is 5.75 Å². The number of carboxylic acids is 1. The third kappa shape index (κ3) is 4.49. The zero-order chi connectivity index (χ0) is 18.6. The number of ether oxygens (including phenoxy) is 1. The molecule has 0 N–H and O–H groups in total. The van der Waals surface area contributed by atoms with Gasteiger partial charge >= 0.3 is 0 Å². The van der Waals surface area contributed by atoms with Gasteiger partial charge in [0.15, 0.2) is 0 Å². The number of aryl methyl sites for hydroxylation is 1. The standard InChI is InChI=1S/C16H22N2O6S/c1-12-11-13(24-2)3-4-14(12)25(22,23)18-9-7-17(8-10-18)15(19)5-6-16(20)21/h3-4,11H,5-10H2,1-2H3,(H,20,21)/p-1. The molecule has 138 valence electrons. The van der Waals surface area contributed by atoms with Gasteiger partial charge in [0, 0.05) is 38.6 Å². The van der Waals surface area contributed by atoms with Crippen molar-refractivity contribution in [3.05, 3.63) is 23.8 Å². The lowest BCUT2D eigenvalue weighted by atomic mass is 10.2. The number of amides is 1. The van der Waals surface area contributed by atoms with Crippen molar-refractivity contribution in [3.8, 4) is 5.75 Å². The highest BCUT2D eigenvalue weighted by Crippen LogP contribution is 2.25. The van der Waals surface area contributed by atoms with Gasteiger partial charge in [0.25, 0.3) is 0 Å².